The summed E-state index contributed by atoms with van der Waals surface area (Å²) in [5.41, 5.74) is 2.51. The van der Waals surface area contributed by atoms with E-state index in [1.165, 1.54) is 11.1 Å². The van der Waals surface area contributed by atoms with E-state index < -0.39 is 9.52 Å². The van der Waals surface area contributed by atoms with Crippen LogP contribution in [0.2, 0.25) is 0 Å². The average Bonchev–Trinajstić information content (AvgIpc) is 2.30. The van der Waals surface area contributed by atoms with Crippen LogP contribution in [0.5, 0.6) is 0 Å². The fourth-order valence-electron chi connectivity index (χ4n) is 1.73. The van der Waals surface area contributed by atoms with Crippen LogP contribution in [0.4, 0.5) is 0 Å². The van der Waals surface area contributed by atoms with Crippen LogP contribution < -0.4 is 0 Å². The Morgan fingerprint density at radius 1 is 0.941 bits per heavy atom. The van der Waals surface area contributed by atoms with Gasteiger partial charge in [0.2, 0.25) is 0 Å². The smallest absolute Gasteiger partial charge is 0.0302 e. The number of hydrogen-bond donors (Lipinski definition) is 0. The molecule has 0 saturated carbocycles. The van der Waals surface area contributed by atoms with Gasteiger partial charge in [-0.05, 0) is 45.1 Å². The highest BCUT2D eigenvalue weighted by atomic mass is 32.2. The van der Waals surface area contributed by atoms with Gasteiger partial charge in [0, 0.05) is 11.2 Å². The third kappa shape index (κ3) is 3.21. The summed E-state index contributed by atoms with van der Waals surface area (Å²) in [7, 11) is -2.09. The van der Waals surface area contributed by atoms with E-state index in [2.05, 4.69) is 18.0 Å². The fourth-order valence-corrected chi connectivity index (χ4v) is 2.44. The second kappa shape index (κ2) is 4.76. The fraction of sp³-hybridized carbons (Fsp3) is 0.133. The molecule has 0 fully saturated rings. The lowest BCUT2D eigenvalue weighted by molar-refractivity contribution is 0.685. The highest BCUT2D eigenvalue weighted by Gasteiger charge is 2.01. The van der Waals surface area contributed by atoms with Crippen LogP contribution in [0.1, 0.15) is 11.1 Å². The Morgan fingerprint density at radius 2 is 1.47 bits per heavy atom. The molecule has 0 aromatic heterocycles. The molecule has 2 rings (SSSR count). The molecule has 0 bridgehead atoms. The predicted octanol–water partition coefficient (Wildman–Crippen LogP) is 2.98. The first-order chi connectivity index (χ1) is 8.05. The minimum absolute atomic E-state index is 0.814. The van der Waals surface area contributed by atoms with Gasteiger partial charge in [0.25, 0.3) is 0 Å². The average molecular weight is 244 g/mol. The lowest BCUT2D eigenvalue weighted by atomic mass is 10.1. The summed E-state index contributed by atoms with van der Waals surface area (Å²) >= 11 is 0. The standard InChI is InChI=1S/C15H16OS/c1-17(2,16)15-10-8-14(9-11-15)12-13-6-4-3-5-7-13/h3-11H,1,12H2,2H3. The summed E-state index contributed by atoms with van der Waals surface area (Å²) in [6.45, 7) is 0. The maximum absolute atomic E-state index is 11.7. The molecule has 88 valence electrons. The normalized spacial score (nSPS) is 14.2. The molecule has 0 heterocycles. The molecule has 0 aliphatic heterocycles. The van der Waals surface area contributed by atoms with E-state index in [1.54, 1.807) is 6.26 Å². The molecular formula is C15H16OS. The molecule has 0 amide bonds. The summed E-state index contributed by atoms with van der Waals surface area (Å²) in [4.78, 5) is 0.814. The molecule has 2 aromatic rings. The molecule has 1 atom stereocenters. The van der Waals surface area contributed by atoms with Gasteiger partial charge in [0.05, 0.1) is 0 Å². The molecule has 2 heteroatoms. The van der Waals surface area contributed by atoms with E-state index >= 15 is 0 Å². The van der Waals surface area contributed by atoms with Crippen LogP contribution in [0, 0.1) is 0 Å². The molecule has 0 N–H and O–H groups in total. The largest absolute Gasteiger partial charge is 0.263 e. The SMILES string of the molecule is C=S(C)(=O)c1ccc(Cc2ccccc2)cc1. The van der Waals surface area contributed by atoms with Crippen LogP contribution in [-0.4, -0.2) is 16.3 Å². The van der Waals surface area contributed by atoms with Gasteiger partial charge in [-0.3, -0.25) is 4.21 Å². The summed E-state index contributed by atoms with van der Waals surface area (Å²) in [5, 5.41) is 0. The third-order valence-electron chi connectivity index (χ3n) is 2.67. The van der Waals surface area contributed by atoms with Gasteiger partial charge >= 0.3 is 0 Å². The minimum Gasteiger partial charge on any atom is -0.263 e. The number of benzene rings is 2. The van der Waals surface area contributed by atoms with Crippen molar-refractivity contribution in [1.82, 2.24) is 0 Å². The Morgan fingerprint density at radius 3 is 2.00 bits per heavy atom. The lowest BCUT2D eigenvalue weighted by Gasteiger charge is -2.05. The van der Waals surface area contributed by atoms with E-state index in [0.29, 0.717) is 0 Å². The molecule has 1 nitrogen and oxygen atoms in total. The topological polar surface area (TPSA) is 17.1 Å². The molecule has 0 spiro atoms. The second-order valence-corrected chi connectivity index (χ2v) is 6.79. The maximum Gasteiger partial charge on any atom is 0.0302 e. The second-order valence-electron chi connectivity index (χ2n) is 4.31. The van der Waals surface area contributed by atoms with Crippen LogP contribution >= 0.6 is 0 Å². The summed E-state index contributed by atoms with van der Waals surface area (Å²) in [6, 6.07) is 18.2. The van der Waals surface area contributed by atoms with E-state index in [-0.39, 0.29) is 0 Å². The van der Waals surface area contributed by atoms with E-state index in [0.717, 1.165) is 11.3 Å². The van der Waals surface area contributed by atoms with Gasteiger partial charge in [-0.15, -0.1) is 0 Å². The van der Waals surface area contributed by atoms with E-state index in [9.17, 15) is 4.21 Å². The highest BCUT2D eigenvalue weighted by Crippen LogP contribution is 2.13. The summed E-state index contributed by atoms with van der Waals surface area (Å²) in [6.07, 6.45) is 2.57. The highest BCUT2D eigenvalue weighted by molar-refractivity contribution is 7.99. The Bertz CT molecular complexity index is 581. The first kappa shape index (κ1) is 11.9. The summed E-state index contributed by atoms with van der Waals surface area (Å²) in [5.74, 6) is 3.68. The van der Waals surface area contributed by atoms with Gasteiger partial charge in [0.15, 0.2) is 0 Å². The van der Waals surface area contributed by atoms with Crippen LogP contribution in [0.15, 0.2) is 59.5 Å². The van der Waals surface area contributed by atoms with E-state index in [4.69, 9.17) is 0 Å². The maximum atomic E-state index is 11.7. The van der Waals surface area contributed by atoms with Crippen LogP contribution in [-0.2, 0) is 15.9 Å². The molecule has 0 aliphatic rings. The first-order valence-electron chi connectivity index (χ1n) is 5.51. The monoisotopic (exact) mass is 244 g/mol. The third-order valence-corrected chi connectivity index (χ3v) is 3.94. The predicted molar refractivity (Wildman–Crippen MR) is 75.1 cm³/mol. The van der Waals surface area contributed by atoms with Crippen molar-refractivity contribution in [2.24, 2.45) is 0 Å². The Balaban J connectivity index is 2.20. The lowest BCUT2D eigenvalue weighted by Crippen LogP contribution is -1.97. The van der Waals surface area contributed by atoms with Crippen molar-refractivity contribution in [2.75, 3.05) is 6.26 Å². The minimum atomic E-state index is -2.09. The van der Waals surface area contributed by atoms with Gasteiger partial charge in [-0.2, -0.15) is 0 Å². The van der Waals surface area contributed by atoms with Crippen molar-refractivity contribution in [3.63, 3.8) is 0 Å². The molecule has 0 radical (unpaired) electrons. The van der Waals surface area contributed by atoms with Crippen LogP contribution in [0.3, 0.4) is 0 Å². The van der Waals surface area contributed by atoms with Crippen molar-refractivity contribution in [3.05, 3.63) is 65.7 Å². The van der Waals surface area contributed by atoms with Crippen molar-refractivity contribution in [2.45, 2.75) is 11.3 Å². The summed E-state index contributed by atoms with van der Waals surface area (Å²) < 4.78 is 11.7. The van der Waals surface area contributed by atoms with Gasteiger partial charge < -0.3 is 0 Å². The van der Waals surface area contributed by atoms with Crippen LogP contribution in [0.25, 0.3) is 0 Å². The van der Waals surface area contributed by atoms with Gasteiger partial charge in [-0.1, -0.05) is 42.5 Å². The molecule has 0 saturated heterocycles. The van der Waals surface area contributed by atoms with Crippen molar-refractivity contribution in [3.8, 4) is 0 Å². The van der Waals surface area contributed by atoms with Gasteiger partial charge in [0.1, 0.15) is 0 Å². The molecule has 0 aliphatic carbocycles. The van der Waals surface area contributed by atoms with Crippen molar-refractivity contribution >= 4 is 15.4 Å². The quantitative estimate of drug-likeness (QED) is 0.759. The Hall–Kier alpha value is -1.54. The molecule has 17 heavy (non-hydrogen) atoms. The zero-order valence-corrected chi connectivity index (χ0v) is 10.7. The Labute approximate surface area is 103 Å². The van der Waals surface area contributed by atoms with Crippen molar-refractivity contribution in [1.29, 1.82) is 0 Å². The number of hydrogen-bond acceptors (Lipinski definition) is 1. The van der Waals surface area contributed by atoms with Crippen molar-refractivity contribution < 1.29 is 4.21 Å². The molecular weight excluding hydrogens is 228 g/mol. The number of rotatable bonds is 3. The zero-order valence-electron chi connectivity index (χ0n) is 9.93. The zero-order chi connectivity index (χ0) is 12.3. The van der Waals surface area contributed by atoms with E-state index in [1.807, 2.05) is 42.5 Å². The molecule has 2 aromatic carbocycles. The molecule has 1 unspecified atom stereocenters. The van der Waals surface area contributed by atoms with Gasteiger partial charge in [-0.25, -0.2) is 0 Å². The Kier molecular flexibility index (Phi) is 3.34. The first-order valence-corrected chi connectivity index (χ1v) is 7.64.